The van der Waals surface area contributed by atoms with Gasteiger partial charge >= 0.3 is 5.97 Å². The van der Waals surface area contributed by atoms with Gasteiger partial charge in [0.05, 0.1) is 12.2 Å². The molecule has 1 aliphatic heterocycles. The summed E-state index contributed by atoms with van der Waals surface area (Å²) in [5, 5.41) is 8.50. The fraction of sp³-hybridized carbons (Fsp3) is 0.833. The largest absolute Gasteiger partial charge is 0.481 e. The molecule has 0 aromatic carbocycles. The highest BCUT2D eigenvalue weighted by Crippen LogP contribution is 2.20. The van der Waals surface area contributed by atoms with Gasteiger partial charge in [0, 0.05) is 18.3 Å². The first-order chi connectivity index (χ1) is 8.15. The molecule has 1 fully saturated rings. The van der Waals surface area contributed by atoms with Crippen LogP contribution in [0.4, 0.5) is 0 Å². The molecule has 0 saturated carbocycles. The van der Waals surface area contributed by atoms with Crippen molar-refractivity contribution < 1.29 is 14.7 Å². The van der Waals surface area contributed by atoms with Gasteiger partial charge in [-0.05, 0) is 25.7 Å². The van der Waals surface area contributed by atoms with Crippen LogP contribution in [-0.4, -0.2) is 46.0 Å². The molecule has 0 radical (unpaired) electrons. The van der Waals surface area contributed by atoms with Gasteiger partial charge in [-0.25, -0.2) is 0 Å². The molecule has 4 nitrogen and oxygen atoms in total. The summed E-state index contributed by atoms with van der Waals surface area (Å²) in [6.45, 7) is 2.99. The summed E-state index contributed by atoms with van der Waals surface area (Å²) >= 11 is 1.42. The maximum Gasteiger partial charge on any atom is 0.304 e. The van der Waals surface area contributed by atoms with E-state index in [4.69, 9.17) is 5.11 Å². The molecule has 0 aromatic rings. The summed E-state index contributed by atoms with van der Waals surface area (Å²) in [4.78, 5) is 24.3. The van der Waals surface area contributed by atoms with Crippen molar-refractivity contribution >= 4 is 23.6 Å². The van der Waals surface area contributed by atoms with E-state index >= 15 is 0 Å². The summed E-state index contributed by atoms with van der Waals surface area (Å²) in [5.41, 5.74) is 0. The number of amides is 1. The minimum atomic E-state index is -0.797. The van der Waals surface area contributed by atoms with Gasteiger partial charge in [0.1, 0.15) is 0 Å². The molecule has 5 heteroatoms. The number of carbonyl (C=O) groups is 2. The molecule has 1 saturated heterocycles. The molecule has 1 amide bonds. The number of hydrogen-bond donors (Lipinski definition) is 1. The molecule has 0 aromatic heterocycles. The van der Waals surface area contributed by atoms with Crippen molar-refractivity contribution in [2.24, 2.45) is 0 Å². The van der Waals surface area contributed by atoms with E-state index in [1.165, 1.54) is 18.2 Å². The zero-order valence-corrected chi connectivity index (χ0v) is 11.2. The van der Waals surface area contributed by atoms with Crippen molar-refractivity contribution in [1.29, 1.82) is 0 Å². The van der Waals surface area contributed by atoms with Crippen LogP contribution in [0.15, 0.2) is 0 Å². The number of piperidine rings is 1. The van der Waals surface area contributed by atoms with Crippen LogP contribution >= 0.6 is 11.8 Å². The Balaban J connectivity index is 2.27. The number of aliphatic carboxylic acids is 1. The molecule has 1 rings (SSSR count). The molecule has 0 spiro atoms. The summed E-state index contributed by atoms with van der Waals surface area (Å²) in [6.07, 6.45) is 4.58. The molecule has 1 heterocycles. The van der Waals surface area contributed by atoms with Crippen molar-refractivity contribution in [2.45, 2.75) is 45.1 Å². The third-order valence-corrected chi connectivity index (χ3v) is 4.05. The van der Waals surface area contributed by atoms with E-state index in [1.807, 2.05) is 4.90 Å². The van der Waals surface area contributed by atoms with Crippen LogP contribution in [-0.2, 0) is 9.59 Å². The fourth-order valence-electron chi connectivity index (χ4n) is 2.16. The third-order valence-electron chi connectivity index (χ3n) is 3.10. The van der Waals surface area contributed by atoms with Crippen LogP contribution in [0.1, 0.15) is 39.0 Å². The van der Waals surface area contributed by atoms with Crippen molar-refractivity contribution in [3.8, 4) is 0 Å². The predicted molar refractivity (Wildman–Crippen MR) is 69.2 cm³/mol. The van der Waals surface area contributed by atoms with Gasteiger partial charge in [-0.3, -0.25) is 9.59 Å². The topological polar surface area (TPSA) is 57.6 Å². The molecule has 1 atom stereocenters. The van der Waals surface area contributed by atoms with Crippen LogP contribution in [0, 0.1) is 0 Å². The normalized spacial score (nSPS) is 20.3. The van der Waals surface area contributed by atoms with Gasteiger partial charge in [0.2, 0.25) is 5.91 Å². The number of carboxylic acids is 1. The Kier molecular flexibility index (Phi) is 6.40. The minimum Gasteiger partial charge on any atom is -0.481 e. The maximum absolute atomic E-state index is 12.0. The molecule has 0 aliphatic carbocycles. The molecule has 0 unspecified atom stereocenters. The van der Waals surface area contributed by atoms with E-state index in [-0.39, 0.29) is 12.3 Å². The lowest BCUT2D eigenvalue weighted by atomic mass is 10.0. The lowest BCUT2D eigenvalue weighted by Gasteiger charge is -2.35. The first kappa shape index (κ1) is 14.4. The van der Waals surface area contributed by atoms with Crippen molar-refractivity contribution in [2.75, 3.05) is 18.1 Å². The van der Waals surface area contributed by atoms with E-state index in [1.54, 1.807) is 0 Å². The average molecular weight is 259 g/mol. The monoisotopic (exact) mass is 259 g/mol. The second-order valence-corrected chi connectivity index (χ2v) is 5.45. The molecular formula is C12H21NO3S. The predicted octanol–water partition coefficient (Wildman–Crippen LogP) is 1.99. The van der Waals surface area contributed by atoms with Crippen molar-refractivity contribution in [1.82, 2.24) is 4.90 Å². The van der Waals surface area contributed by atoms with Gasteiger partial charge in [0.25, 0.3) is 0 Å². The Hall–Kier alpha value is -0.710. The van der Waals surface area contributed by atoms with Gasteiger partial charge in [-0.2, -0.15) is 11.8 Å². The number of carboxylic acid groups (broad SMARTS) is 1. The molecule has 17 heavy (non-hydrogen) atoms. The SMILES string of the molecule is CC[C@H]1CCCCN1C(=O)CSCCC(=O)O. The Morgan fingerprint density at radius 2 is 2.18 bits per heavy atom. The number of rotatable bonds is 6. The number of carbonyl (C=O) groups excluding carboxylic acids is 1. The smallest absolute Gasteiger partial charge is 0.304 e. The highest BCUT2D eigenvalue weighted by atomic mass is 32.2. The Labute approximate surface area is 107 Å². The molecule has 1 N–H and O–H groups in total. The lowest BCUT2D eigenvalue weighted by Crippen LogP contribution is -2.44. The van der Waals surface area contributed by atoms with Crippen molar-refractivity contribution in [3.63, 3.8) is 0 Å². The number of likely N-dealkylation sites (tertiary alicyclic amines) is 1. The van der Waals surface area contributed by atoms with E-state index < -0.39 is 5.97 Å². The first-order valence-corrected chi connectivity index (χ1v) is 7.39. The Morgan fingerprint density at radius 1 is 1.41 bits per heavy atom. The van der Waals surface area contributed by atoms with E-state index in [9.17, 15) is 9.59 Å². The van der Waals surface area contributed by atoms with E-state index in [0.717, 1.165) is 25.8 Å². The van der Waals surface area contributed by atoms with Gasteiger partial charge in [-0.15, -0.1) is 0 Å². The number of thioether (sulfide) groups is 1. The fourth-order valence-corrected chi connectivity index (χ4v) is 2.96. The second-order valence-electron chi connectivity index (χ2n) is 4.34. The third kappa shape index (κ3) is 4.98. The van der Waals surface area contributed by atoms with Crippen LogP contribution in [0.25, 0.3) is 0 Å². The summed E-state index contributed by atoms with van der Waals surface area (Å²) in [5.74, 6) is 0.316. The van der Waals surface area contributed by atoms with E-state index in [0.29, 0.717) is 17.5 Å². The highest BCUT2D eigenvalue weighted by Gasteiger charge is 2.24. The summed E-state index contributed by atoms with van der Waals surface area (Å²) < 4.78 is 0. The van der Waals surface area contributed by atoms with Gasteiger partial charge < -0.3 is 10.0 Å². The van der Waals surface area contributed by atoms with E-state index in [2.05, 4.69) is 6.92 Å². The summed E-state index contributed by atoms with van der Waals surface area (Å²) in [7, 11) is 0. The average Bonchev–Trinajstić information content (AvgIpc) is 2.34. The van der Waals surface area contributed by atoms with Crippen LogP contribution in [0.5, 0.6) is 0 Å². The zero-order chi connectivity index (χ0) is 12.7. The quantitative estimate of drug-likeness (QED) is 0.741. The first-order valence-electron chi connectivity index (χ1n) is 6.24. The Bertz CT molecular complexity index is 270. The molecule has 98 valence electrons. The highest BCUT2D eigenvalue weighted by molar-refractivity contribution is 7.99. The molecule has 1 aliphatic rings. The van der Waals surface area contributed by atoms with Crippen LogP contribution in [0.3, 0.4) is 0 Å². The second kappa shape index (κ2) is 7.58. The standard InChI is InChI=1S/C12H21NO3S/c1-2-10-5-3-4-7-13(10)11(14)9-17-8-6-12(15)16/h10H,2-9H2,1H3,(H,15,16)/t10-/m0/s1. The van der Waals surface area contributed by atoms with Gasteiger partial charge in [-0.1, -0.05) is 6.92 Å². The molecular weight excluding hydrogens is 238 g/mol. The minimum absolute atomic E-state index is 0.134. The zero-order valence-electron chi connectivity index (χ0n) is 10.4. The number of hydrogen-bond acceptors (Lipinski definition) is 3. The summed E-state index contributed by atoms with van der Waals surface area (Å²) in [6, 6.07) is 0.399. The number of nitrogens with zero attached hydrogens (tertiary/aromatic N) is 1. The lowest BCUT2D eigenvalue weighted by molar-refractivity contribution is -0.136. The van der Waals surface area contributed by atoms with Crippen LogP contribution in [0.2, 0.25) is 0 Å². The molecule has 0 bridgehead atoms. The van der Waals surface area contributed by atoms with Crippen LogP contribution < -0.4 is 0 Å². The van der Waals surface area contributed by atoms with Gasteiger partial charge in [0.15, 0.2) is 0 Å². The Morgan fingerprint density at radius 3 is 2.82 bits per heavy atom. The maximum atomic E-state index is 12.0. The van der Waals surface area contributed by atoms with Crippen molar-refractivity contribution in [3.05, 3.63) is 0 Å².